The normalized spacial score (nSPS) is 10.4. The lowest BCUT2D eigenvalue weighted by Crippen LogP contribution is -2.06. The lowest BCUT2D eigenvalue weighted by atomic mass is 10.1. The molecule has 0 unspecified atom stereocenters. The summed E-state index contributed by atoms with van der Waals surface area (Å²) in [7, 11) is 0. The highest BCUT2D eigenvalue weighted by Gasteiger charge is 2.11. The van der Waals surface area contributed by atoms with Gasteiger partial charge in [0, 0.05) is 5.56 Å². The number of carbonyl (C=O) groups is 1. The van der Waals surface area contributed by atoms with Crippen LogP contribution in [0.2, 0.25) is 0 Å². The monoisotopic (exact) mass is 215 g/mol. The van der Waals surface area contributed by atoms with Gasteiger partial charge in [-0.3, -0.25) is 4.79 Å². The summed E-state index contributed by atoms with van der Waals surface area (Å²) >= 11 is 0. The predicted molar refractivity (Wildman–Crippen MR) is 60.8 cm³/mol. The fourth-order valence-electron chi connectivity index (χ4n) is 1.71. The molecule has 0 fully saturated rings. The van der Waals surface area contributed by atoms with Gasteiger partial charge in [-0.25, -0.2) is 9.67 Å². The molecule has 0 saturated heterocycles. The first-order valence-corrected chi connectivity index (χ1v) is 5.10. The van der Waals surface area contributed by atoms with E-state index in [9.17, 15) is 4.79 Å². The average Bonchev–Trinajstić information content (AvgIpc) is 2.57. The molecule has 2 rings (SSSR count). The van der Waals surface area contributed by atoms with Crippen molar-refractivity contribution >= 4 is 5.78 Å². The van der Waals surface area contributed by atoms with Gasteiger partial charge in [0.25, 0.3) is 0 Å². The van der Waals surface area contributed by atoms with Crippen LogP contribution in [-0.2, 0) is 0 Å². The number of carbonyl (C=O) groups excluding carboxylic acids is 1. The second kappa shape index (κ2) is 3.89. The van der Waals surface area contributed by atoms with Gasteiger partial charge in [-0.05, 0) is 32.9 Å². The van der Waals surface area contributed by atoms with Crippen molar-refractivity contribution in [3.8, 4) is 5.69 Å². The molecule has 0 radical (unpaired) electrons. The molecule has 0 amide bonds. The SMILES string of the molecule is CC(=O)c1ccccc1-n1nc(C)nc1C. The Kier molecular flexibility index (Phi) is 2.56. The number of ketones is 1. The predicted octanol–water partition coefficient (Wildman–Crippen LogP) is 2.09. The molecule has 0 aliphatic carbocycles. The minimum atomic E-state index is 0.0307. The molecule has 2 aromatic rings. The van der Waals surface area contributed by atoms with Crippen LogP contribution in [0.1, 0.15) is 28.9 Å². The number of para-hydroxylation sites is 1. The van der Waals surface area contributed by atoms with Crippen LogP contribution < -0.4 is 0 Å². The number of rotatable bonds is 2. The third kappa shape index (κ3) is 1.74. The molecular weight excluding hydrogens is 202 g/mol. The minimum absolute atomic E-state index is 0.0307. The molecule has 16 heavy (non-hydrogen) atoms. The smallest absolute Gasteiger partial charge is 0.161 e. The topological polar surface area (TPSA) is 47.8 Å². The van der Waals surface area contributed by atoms with Crippen LogP contribution in [0.4, 0.5) is 0 Å². The highest BCUT2D eigenvalue weighted by molar-refractivity contribution is 5.97. The van der Waals surface area contributed by atoms with E-state index in [4.69, 9.17) is 0 Å². The molecule has 0 spiro atoms. The van der Waals surface area contributed by atoms with Crippen LogP contribution in [0.25, 0.3) is 5.69 Å². The van der Waals surface area contributed by atoms with E-state index in [-0.39, 0.29) is 5.78 Å². The minimum Gasteiger partial charge on any atom is -0.294 e. The molecule has 1 heterocycles. The van der Waals surface area contributed by atoms with E-state index in [0.717, 1.165) is 11.5 Å². The van der Waals surface area contributed by atoms with Gasteiger partial charge in [0.05, 0.1) is 5.69 Å². The van der Waals surface area contributed by atoms with Crippen molar-refractivity contribution in [1.29, 1.82) is 0 Å². The Balaban J connectivity index is 2.64. The molecule has 82 valence electrons. The Hall–Kier alpha value is -1.97. The molecule has 0 saturated carbocycles. The number of hydrogen-bond acceptors (Lipinski definition) is 3. The fraction of sp³-hybridized carbons (Fsp3) is 0.250. The molecule has 4 nitrogen and oxygen atoms in total. The van der Waals surface area contributed by atoms with E-state index in [0.29, 0.717) is 11.4 Å². The lowest BCUT2D eigenvalue weighted by Gasteiger charge is -2.07. The van der Waals surface area contributed by atoms with Crippen LogP contribution >= 0.6 is 0 Å². The van der Waals surface area contributed by atoms with Crippen LogP contribution in [0.5, 0.6) is 0 Å². The first-order chi connectivity index (χ1) is 7.59. The van der Waals surface area contributed by atoms with Crippen molar-refractivity contribution in [2.24, 2.45) is 0 Å². The third-order valence-corrected chi connectivity index (χ3v) is 2.39. The zero-order chi connectivity index (χ0) is 11.7. The summed E-state index contributed by atoms with van der Waals surface area (Å²) in [5.74, 6) is 1.52. The summed E-state index contributed by atoms with van der Waals surface area (Å²) < 4.78 is 1.70. The summed E-state index contributed by atoms with van der Waals surface area (Å²) in [5.41, 5.74) is 1.45. The summed E-state index contributed by atoms with van der Waals surface area (Å²) in [6, 6.07) is 7.41. The molecule has 0 aliphatic rings. The van der Waals surface area contributed by atoms with Crippen molar-refractivity contribution < 1.29 is 4.79 Å². The number of Topliss-reactive ketones (excluding diaryl/α,β-unsaturated/α-hetero) is 1. The number of aromatic nitrogens is 3. The molecule has 0 aliphatic heterocycles. The van der Waals surface area contributed by atoms with Crippen molar-refractivity contribution in [2.45, 2.75) is 20.8 Å². The summed E-state index contributed by atoms with van der Waals surface area (Å²) in [6.45, 7) is 5.26. The number of nitrogens with zero attached hydrogens (tertiary/aromatic N) is 3. The van der Waals surface area contributed by atoms with Crippen molar-refractivity contribution in [1.82, 2.24) is 14.8 Å². The number of hydrogen-bond donors (Lipinski definition) is 0. The maximum absolute atomic E-state index is 11.5. The van der Waals surface area contributed by atoms with Crippen LogP contribution in [0.3, 0.4) is 0 Å². The van der Waals surface area contributed by atoms with Crippen LogP contribution in [0.15, 0.2) is 24.3 Å². The highest BCUT2D eigenvalue weighted by atomic mass is 16.1. The van der Waals surface area contributed by atoms with Crippen molar-refractivity contribution in [3.05, 3.63) is 41.5 Å². The first-order valence-electron chi connectivity index (χ1n) is 5.10. The Morgan fingerprint density at radius 1 is 1.25 bits per heavy atom. The van der Waals surface area contributed by atoms with Crippen LogP contribution in [-0.4, -0.2) is 20.5 Å². The zero-order valence-electron chi connectivity index (χ0n) is 9.56. The second-order valence-electron chi connectivity index (χ2n) is 3.69. The van der Waals surface area contributed by atoms with Gasteiger partial charge >= 0.3 is 0 Å². The van der Waals surface area contributed by atoms with E-state index in [1.165, 1.54) is 0 Å². The Bertz CT molecular complexity index is 543. The van der Waals surface area contributed by atoms with Gasteiger partial charge in [-0.2, -0.15) is 5.10 Å². The number of aryl methyl sites for hydroxylation is 2. The summed E-state index contributed by atoms with van der Waals surface area (Å²) in [6.07, 6.45) is 0. The maximum Gasteiger partial charge on any atom is 0.161 e. The fourth-order valence-corrected chi connectivity index (χ4v) is 1.71. The van der Waals surface area contributed by atoms with Crippen molar-refractivity contribution in [3.63, 3.8) is 0 Å². The van der Waals surface area contributed by atoms with Gasteiger partial charge in [-0.1, -0.05) is 12.1 Å². The molecule has 0 atom stereocenters. The van der Waals surface area contributed by atoms with Gasteiger partial charge in [-0.15, -0.1) is 0 Å². The van der Waals surface area contributed by atoms with Gasteiger partial charge in [0.2, 0.25) is 0 Å². The Labute approximate surface area is 93.9 Å². The summed E-state index contributed by atoms with van der Waals surface area (Å²) in [5, 5.41) is 4.28. The van der Waals surface area contributed by atoms with E-state index in [2.05, 4.69) is 10.1 Å². The highest BCUT2D eigenvalue weighted by Crippen LogP contribution is 2.15. The Morgan fingerprint density at radius 2 is 1.94 bits per heavy atom. The second-order valence-corrected chi connectivity index (χ2v) is 3.69. The first kappa shape index (κ1) is 10.5. The van der Waals surface area contributed by atoms with Crippen molar-refractivity contribution in [2.75, 3.05) is 0 Å². The van der Waals surface area contributed by atoms with E-state index in [1.807, 2.05) is 32.0 Å². The summed E-state index contributed by atoms with van der Waals surface area (Å²) in [4.78, 5) is 15.7. The standard InChI is InChI=1S/C12H13N3O/c1-8(16)11-6-4-5-7-12(11)15-10(3)13-9(2)14-15/h4-7H,1-3H3. The van der Waals surface area contributed by atoms with Gasteiger partial charge < -0.3 is 0 Å². The van der Waals surface area contributed by atoms with E-state index < -0.39 is 0 Å². The molecular formula is C12H13N3O. The molecule has 0 bridgehead atoms. The average molecular weight is 215 g/mol. The third-order valence-electron chi connectivity index (χ3n) is 2.39. The van der Waals surface area contributed by atoms with Gasteiger partial charge in [0.15, 0.2) is 5.78 Å². The zero-order valence-corrected chi connectivity index (χ0v) is 9.56. The molecule has 1 aromatic carbocycles. The molecule has 4 heteroatoms. The quantitative estimate of drug-likeness (QED) is 0.721. The lowest BCUT2D eigenvalue weighted by molar-refractivity contribution is 0.101. The number of benzene rings is 1. The van der Waals surface area contributed by atoms with E-state index in [1.54, 1.807) is 17.7 Å². The molecule has 0 N–H and O–H groups in total. The maximum atomic E-state index is 11.5. The van der Waals surface area contributed by atoms with Crippen LogP contribution in [0, 0.1) is 13.8 Å². The Morgan fingerprint density at radius 3 is 2.50 bits per heavy atom. The van der Waals surface area contributed by atoms with Gasteiger partial charge in [0.1, 0.15) is 11.6 Å². The largest absolute Gasteiger partial charge is 0.294 e. The molecule has 1 aromatic heterocycles. The van der Waals surface area contributed by atoms with E-state index >= 15 is 0 Å².